The highest BCUT2D eigenvalue weighted by molar-refractivity contribution is 7.89. The monoisotopic (exact) mass is 351 g/mol. The molecule has 7 heteroatoms. The highest BCUT2D eigenvalue weighted by atomic mass is 32.2. The van der Waals surface area contributed by atoms with Gasteiger partial charge in [-0.25, -0.2) is 8.42 Å². The summed E-state index contributed by atoms with van der Waals surface area (Å²) >= 11 is 0. The average molecular weight is 351 g/mol. The van der Waals surface area contributed by atoms with Crippen molar-refractivity contribution >= 4 is 15.9 Å². The normalized spacial score (nSPS) is 26.3. The van der Waals surface area contributed by atoms with Gasteiger partial charge < -0.3 is 10.2 Å². The quantitative estimate of drug-likeness (QED) is 0.884. The Balaban J connectivity index is 1.64. The molecule has 2 aliphatic heterocycles. The molecule has 0 radical (unpaired) electrons. The molecule has 1 aromatic rings. The van der Waals surface area contributed by atoms with Gasteiger partial charge in [-0.1, -0.05) is 18.2 Å². The van der Waals surface area contributed by atoms with E-state index in [1.807, 2.05) is 6.92 Å². The van der Waals surface area contributed by atoms with E-state index in [4.69, 9.17) is 0 Å². The second-order valence-electron chi connectivity index (χ2n) is 6.73. The van der Waals surface area contributed by atoms with Crippen molar-refractivity contribution in [3.8, 4) is 0 Å². The van der Waals surface area contributed by atoms with E-state index in [1.165, 1.54) is 4.31 Å². The van der Waals surface area contributed by atoms with E-state index >= 15 is 0 Å². The van der Waals surface area contributed by atoms with Gasteiger partial charge in [0, 0.05) is 26.2 Å². The van der Waals surface area contributed by atoms with Crippen molar-refractivity contribution in [2.24, 2.45) is 0 Å². The molecule has 132 valence electrons. The van der Waals surface area contributed by atoms with Crippen LogP contribution in [0.25, 0.3) is 0 Å². The molecule has 0 aromatic heterocycles. The van der Waals surface area contributed by atoms with Crippen molar-refractivity contribution in [3.05, 3.63) is 30.3 Å². The van der Waals surface area contributed by atoms with Crippen molar-refractivity contribution in [1.82, 2.24) is 14.5 Å². The van der Waals surface area contributed by atoms with Crippen LogP contribution in [0.5, 0.6) is 0 Å². The summed E-state index contributed by atoms with van der Waals surface area (Å²) in [5.74, 6) is 0.0963. The summed E-state index contributed by atoms with van der Waals surface area (Å²) in [6.07, 6.45) is 3.00. The number of sulfonamides is 1. The maximum absolute atomic E-state index is 12.8. The zero-order chi connectivity index (χ0) is 17.2. The van der Waals surface area contributed by atoms with Gasteiger partial charge >= 0.3 is 0 Å². The van der Waals surface area contributed by atoms with Crippen LogP contribution in [-0.4, -0.2) is 61.8 Å². The van der Waals surface area contributed by atoms with Crippen molar-refractivity contribution in [2.45, 2.75) is 36.6 Å². The fraction of sp³-hybridized carbons (Fsp3) is 0.588. The Kier molecular flexibility index (Phi) is 4.94. The van der Waals surface area contributed by atoms with Gasteiger partial charge in [-0.05, 0) is 44.9 Å². The topological polar surface area (TPSA) is 69.7 Å². The predicted molar refractivity (Wildman–Crippen MR) is 92.0 cm³/mol. The second-order valence-corrected chi connectivity index (χ2v) is 8.66. The molecule has 2 fully saturated rings. The van der Waals surface area contributed by atoms with Crippen LogP contribution in [-0.2, 0) is 14.8 Å². The third-order valence-electron chi connectivity index (χ3n) is 5.00. The summed E-state index contributed by atoms with van der Waals surface area (Å²) in [5.41, 5.74) is -0.501. The third-order valence-corrected chi connectivity index (χ3v) is 6.91. The molecule has 2 heterocycles. The van der Waals surface area contributed by atoms with Gasteiger partial charge in [0.2, 0.25) is 15.9 Å². The summed E-state index contributed by atoms with van der Waals surface area (Å²) in [4.78, 5) is 14.9. The Morgan fingerprint density at radius 2 is 1.75 bits per heavy atom. The van der Waals surface area contributed by atoms with E-state index in [0.29, 0.717) is 31.1 Å². The van der Waals surface area contributed by atoms with Gasteiger partial charge in [-0.2, -0.15) is 4.31 Å². The van der Waals surface area contributed by atoms with Gasteiger partial charge in [0.15, 0.2) is 0 Å². The molecule has 0 spiro atoms. The zero-order valence-corrected chi connectivity index (χ0v) is 14.9. The lowest BCUT2D eigenvalue weighted by Gasteiger charge is -2.41. The average Bonchev–Trinajstić information content (AvgIpc) is 2.62. The maximum atomic E-state index is 12.8. The van der Waals surface area contributed by atoms with E-state index in [0.717, 1.165) is 25.8 Å². The number of amides is 1. The minimum absolute atomic E-state index is 0.0963. The molecule has 1 unspecified atom stereocenters. The number of hydrogen-bond donors (Lipinski definition) is 1. The molecule has 2 saturated heterocycles. The van der Waals surface area contributed by atoms with Crippen LogP contribution < -0.4 is 5.32 Å². The fourth-order valence-electron chi connectivity index (χ4n) is 3.46. The Morgan fingerprint density at radius 1 is 1.08 bits per heavy atom. The van der Waals surface area contributed by atoms with Crippen molar-refractivity contribution < 1.29 is 13.2 Å². The summed E-state index contributed by atoms with van der Waals surface area (Å²) in [7, 11) is -3.47. The lowest BCUT2D eigenvalue weighted by atomic mass is 9.89. The van der Waals surface area contributed by atoms with E-state index < -0.39 is 15.6 Å². The molecule has 6 nitrogen and oxygen atoms in total. The molecule has 0 aliphatic carbocycles. The highest BCUT2D eigenvalue weighted by Gasteiger charge is 2.39. The Hall–Kier alpha value is -1.44. The molecule has 24 heavy (non-hydrogen) atoms. The number of nitrogens with one attached hydrogen (secondary N) is 1. The summed E-state index contributed by atoms with van der Waals surface area (Å²) in [6, 6.07) is 8.47. The van der Waals surface area contributed by atoms with Crippen LogP contribution in [0.2, 0.25) is 0 Å². The molecular weight excluding hydrogens is 326 g/mol. The van der Waals surface area contributed by atoms with Crippen LogP contribution in [0.1, 0.15) is 26.2 Å². The molecule has 1 aromatic carbocycles. The number of benzene rings is 1. The van der Waals surface area contributed by atoms with Crippen LogP contribution in [0.3, 0.4) is 0 Å². The number of piperazine rings is 1. The van der Waals surface area contributed by atoms with Crippen LogP contribution in [0, 0.1) is 0 Å². The Bertz CT molecular complexity index is 676. The van der Waals surface area contributed by atoms with Crippen LogP contribution in [0.15, 0.2) is 35.2 Å². The molecule has 3 rings (SSSR count). The van der Waals surface area contributed by atoms with E-state index in [9.17, 15) is 13.2 Å². The number of hydrogen-bond acceptors (Lipinski definition) is 4. The number of nitrogens with zero attached hydrogens (tertiary/aromatic N) is 2. The Labute approximate surface area is 143 Å². The largest absolute Gasteiger partial charge is 0.338 e. The first-order valence-corrected chi connectivity index (χ1v) is 9.97. The maximum Gasteiger partial charge on any atom is 0.243 e. The number of carbonyl (C=O) groups excluding carboxylic acids is 1. The van der Waals surface area contributed by atoms with Crippen LogP contribution >= 0.6 is 0 Å². The smallest absolute Gasteiger partial charge is 0.243 e. The number of piperidine rings is 1. The summed E-state index contributed by atoms with van der Waals surface area (Å²) in [5, 5.41) is 3.34. The highest BCUT2D eigenvalue weighted by Crippen LogP contribution is 2.23. The summed E-state index contributed by atoms with van der Waals surface area (Å²) < 4.78 is 26.8. The summed E-state index contributed by atoms with van der Waals surface area (Å²) in [6.45, 7) is 4.41. The molecule has 1 amide bonds. The van der Waals surface area contributed by atoms with Gasteiger partial charge in [-0.3, -0.25) is 4.79 Å². The molecule has 0 saturated carbocycles. The van der Waals surface area contributed by atoms with Gasteiger partial charge in [-0.15, -0.1) is 0 Å². The van der Waals surface area contributed by atoms with Crippen molar-refractivity contribution in [3.63, 3.8) is 0 Å². The van der Waals surface area contributed by atoms with E-state index in [2.05, 4.69) is 5.32 Å². The number of rotatable bonds is 3. The van der Waals surface area contributed by atoms with Gasteiger partial charge in [0.1, 0.15) is 0 Å². The first-order valence-electron chi connectivity index (χ1n) is 8.53. The third kappa shape index (κ3) is 3.34. The molecule has 1 N–H and O–H groups in total. The van der Waals surface area contributed by atoms with Crippen molar-refractivity contribution in [1.29, 1.82) is 0 Å². The first-order chi connectivity index (χ1) is 11.4. The Morgan fingerprint density at radius 3 is 2.33 bits per heavy atom. The second kappa shape index (κ2) is 6.82. The fourth-order valence-corrected chi connectivity index (χ4v) is 4.90. The standard InChI is InChI=1S/C17H25N3O3S/c1-17(9-5-6-10-18-17)16(21)19-11-13-20(14-12-19)24(22,23)15-7-3-2-4-8-15/h2-4,7-8,18H,5-6,9-14H2,1H3. The minimum Gasteiger partial charge on any atom is -0.338 e. The lowest BCUT2D eigenvalue weighted by Crippen LogP contribution is -2.61. The lowest BCUT2D eigenvalue weighted by molar-refractivity contribution is -0.140. The van der Waals surface area contributed by atoms with Gasteiger partial charge in [0.05, 0.1) is 10.4 Å². The SMILES string of the molecule is CC1(C(=O)N2CCN(S(=O)(=O)c3ccccc3)CC2)CCCCN1. The molecular formula is C17H25N3O3S. The number of carbonyl (C=O) groups is 1. The van der Waals surface area contributed by atoms with E-state index in [-0.39, 0.29) is 5.91 Å². The first kappa shape index (κ1) is 17.4. The minimum atomic E-state index is -3.47. The van der Waals surface area contributed by atoms with Gasteiger partial charge in [0.25, 0.3) is 0 Å². The molecule has 0 bridgehead atoms. The molecule has 2 aliphatic rings. The molecule has 1 atom stereocenters. The van der Waals surface area contributed by atoms with E-state index in [1.54, 1.807) is 35.2 Å². The zero-order valence-electron chi connectivity index (χ0n) is 14.1. The van der Waals surface area contributed by atoms with Crippen LogP contribution in [0.4, 0.5) is 0 Å². The predicted octanol–water partition coefficient (Wildman–Crippen LogP) is 1.05. The van der Waals surface area contributed by atoms with Crippen molar-refractivity contribution in [2.75, 3.05) is 32.7 Å².